The summed E-state index contributed by atoms with van der Waals surface area (Å²) >= 11 is 0.879. The van der Waals surface area contributed by atoms with Crippen molar-refractivity contribution in [3.05, 3.63) is 0 Å². The summed E-state index contributed by atoms with van der Waals surface area (Å²) in [6.07, 6.45) is 0.945. The lowest BCUT2D eigenvalue weighted by atomic mass is 10.4. The minimum Gasteiger partial charge on any atom is -0.370 e. The molecule has 0 rings (SSSR count). The van der Waals surface area contributed by atoms with Crippen LogP contribution in [-0.2, 0) is 9.63 Å². The molecule has 0 saturated carbocycles. The van der Waals surface area contributed by atoms with E-state index < -0.39 is 17.4 Å². The van der Waals surface area contributed by atoms with Gasteiger partial charge in [0.1, 0.15) is 0 Å². The number of carbonyl (C=O) groups is 2. The molecule has 0 spiro atoms. The van der Waals surface area contributed by atoms with Gasteiger partial charge in [-0.1, -0.05) is 25.6 Å². The standard InChI is InChI=1S/C8H15NO4S/c1-4-6(10)9(8(12)14-3)13-7(11)5-2/h6,10H,4-5H2,1-3H3. The Bertz CT molecular complexity index is 210. The Kier molecular flexibility index (Phi) is 6.31. The fourth-order valence-electron chi connectivity index (χ4n) is 0.650. The van der Waals surface area contributed by atoms with Crippen molar-refractivity contribution in [3.63, 3.8) is 0 Å². The first-order valence-electron chi connectivity index (χ1n) is 4.32. The molecule has 0 aliphatic rings. The van der Waals surface area contributed by atoms with E-state index in [4.69, 9.17) is 0 Å². The number of hydrogen-bond donors (Lipinski definition) is 1. The van der Waals surface area contributed by atoms with Crippen LogP contribution in [0.4, 0.5) is 4.79 Å². The predicted molar refractivity (Wildman–Crippen MR) is 53.4 cm³/mol. The summed E-state index contributed by atoms with van der Waals surface area (Å²) in [4.78, 5) is 26.8. The molecule has 82 valence electrons. The Morgan fingerprint density at radius 3 is 2.43 bits per heavy atom. The van der Waals surface area contributed by atoms with Gasteiger partial charge in [0.15, 0.2) is 6.23 Å². The van der Waals surface area contributed by atoms with Gasteiger partial charge < -0.3 is 9.94 Å². The fraction of sp³-hybridized carbons (Fsp3) is 0.750. The highest BCUT2D eigenvalue weighted by atomic mass is 32.2. The lowest BCUT2D eigenvalue weighted by Crippen LogP contribution is -2.39. The molecule has 0 aromatic rings. The van der Waals surface area contributed by atoms with E-state index in [9.17, 15) is 14.7 Å². The third-order valence-corrected chi connectivity index (χ3v) is 2.01. The number of carbonyl (C=O) groups excluding carboxylic acids is 2. The van der Waals surface area contributed by atoms with E-state index in [0.717, 1.165) is 11.8 Å². The molecule has 0 aliphatic carbocycles. The van der Waals surface area contributed by atoms with E-state index in [1.165, 1.54) is 0 Å². The molecule has 0 radical (unpaired) electrons. The van der Waals surface area contributed by atoms with Crippen LogP contribution in [-0.4, -0.2) is 33.9 Å². The molecule has 1 amide bonds. The monoisotopic (exact) mass is 221 g/mol. The molecule has 0 fully saturated rings. The largest absolute Gasteiger partial charge is 0.370 e. The van der Waals surface area contributed by atoms with Crippen LogP contribution in [0.2, 0.25) is 0 Å². The maximum Gasteiger partial charge on any atom is 0.332 e. The first-order chi connectivity index (χ1) is 6.56. The highest BCUT2D eigenvalue weighted by molar-refractivity contribution is 8.12. The third kappa shape index (κ3) is 3.97. The van der Waals surface area contributed by atoms with Crippen molar-refractivity contribution in [2.24, 2.45) is 0 Å². The lowest BCUT2D eigenvalue weighted by Gasteiger charge is -2.23. The number of hydrogen-bond acceptors (Lipinski definition) is 5. The van der Waals surface area contributed by atoms with Gasteiger partial charge in [-0.3, -0.25) is 4.79 Å². The van der Waals surface area contributed by atoms with Crippen LogP contribution in [0.1, 0.15) is 26.7 Å². The van der Waals surface area contributed by atoms with Gasteiger partial charge in [-0.25, -0.2) is 4.79 Å². The van der Waals surface area contributed by atoms with Gasteiger partial charge in [-0.2, -0.15) is 0 Å². The highest BCUT2D eigenvalue weighted by Crippen LogP contribution is 2.11. The summed E-state index contributed by atoms with van der Waals surface area (Å²) < 4.78 is 0. The zero-order chi connectivity index (χ0) is 11.1. The van der Waals surface area contributed by atoms with Crippen molar-refractivity contribution in [2.75, 3.05) is 6.26 Å². The van der Waals surface area contributed by atoms with E-state index in [-0.39, 0.29) is 6.42 Å². The van der Waals surface area contributed by atoms with Crippen LogP contribution < -0.4 is 0 Å². The third-order valence-electron chi connectivity index (χ3n) is 1.48. The van der Waals surface area contributed by atoms with Gasteiger partial charge in [0.2, 0.25) is 0 Å². The first-order valence-corrected chi connectivity index (χ1v) is 5.55. The second-order valence-electron chi connectivity index (χ2n) is 2.50. The lowest BCUT2D eigenvalue weighted by molar-refractivity contribution is -0.205. The van der Waals surface area contributed by atoms with Gasteiger partial charge in [-0.05, 0) is 12.7 Å². The molecule has 6 heteroatoms. The molecule has 14 heavy (non-hydrogen) atoms. The van der Waals surface area contributed by atoms with Gasteiger partial charge in [-0.15, -0.1) is 5.06 Å². The Balaban J connectivity index is 4.39. The number of aliphatic hydroxyl groups excluding tert-OH is 1. The van der Waals surface area contributed by atoms with E-state index in [1.807, 2.05) is 0 Å². The molecule has 1 N–H and O–H groups in total. The second-order valence-corrected chi connectivity index (χ2v) is 3.26. The molecular weight excluding hydrogens is 206 g/mol. The maximum atomic E-state index is 11.2. The van der Waals surface area contributed by atoms with Crippen molar-refractivity contribution >= 4 is 23.0 Å². The predicted octanol–water partition coefficient (Wildman–Crippen LogP) is 1.37. The summed E-state index contributed by atoms with van der Waals surface area (Å²) in [6, 6.07) is 0. The molecule has 0 aromatic heterocycles. The van der Waals surface area contributed by atoms with Crippen LogP contribution in [0.25, 0.3) is 0 Å². The van der Waals surface area contributed by atoms with Crippen LogP contribution in [0.5, 0.6) is 0 Å². The van der Waals surface area contributed by atoms with Crippen molar-refractivity contribution in [1.29, 1.82) is 0 Å². The second kappa shape index (κ2) is 6.67. The number of hydroxylamine groups is 2. The summed E-state index contributed by atoms with van der Waals surface area (Å²) in [5, 5.41) is 9.60. The van der Waals surface area contributed by atoms with Crippen molar-refractivity contribution in [2.45, 2.75) is 32.9 Å². The van der Waals surface area contributed by atoms with Gasteiger partial charge in [0, 0.05) is 6.42 Å². The van der Waals surface area contributed by atoms with E-state index in [1.54, 1.807) is 20.1 Å². The molecule has 0 aromatic carbocycles. The summed E-state index contributed by atoms with van der Waals surface area (Å²) in [7, 11) is 0. The number of amides is 1. The average molecular weight is 221 g/mol. The van der Waals surface area contributed by atoms with Crippen LogP contribution >= 0.6 is 11.8 Å². The zero-order valence-electron chi connectivity index (χ0n) is 8.52. The number of thioether (sulfide) groups is 1. The maximum absolute atomic E-state index is 11.2. The summed E-state index contributed by atoms with van der Waals surface area (Å²) in [5.41, 5.74) is 0. The van der Waals surface area contributed by atoms with Crippen molar-refractivity contribution in [3.8, 4) is 0 Å². The van der Waals surface area contributed by atoms with E-state index in [2.05, 4.69) is 4.84 Å². The smallest absolute Gasteiger partial charge is 0.332 e. The number of nitrogens with zero attached hydrogens (tertiary/aromatic N) is 1. The number of aliphatic hydroxyl groups is 1. The van der Waals surface area contributed by atoms with Crippen LogP contribution in [0.3, 0.4) is 0 Å². The molecule has 1 unspecified atom stereocenters. The van der Waals surface area contributed by atoms with E-state index in [0.29, 0.717) is 11.5 Å². The van der Waals surface area contributed by atoms with Crippen molar-refractivity contribution < 1.29 is 19.5 Å². The molecule has 0 saturated heterocycles. The minimum atomic E-state index is -1.08. The van der Waals surface area contributed by atoms with Crippen LogP contribution in [0.15, 0.2) is 0 Å². The number of rotatable bonds is 3. The molecule has 0 bridgehead atoms. The molecule has 5 nitrogen and oxygen atoms in total. The van der Waals surface area contributed by atoms with Gasteiger partial charge >= 0.3 is 11.2 Å². The SMILES string of the molecule is CCC(=O)ON(C(=O)SC)C(O)CC. The summed E-state index contributed by atoms with van der Waals surface area (Å²) in [5.74, 6) is -0.542. The molecule has 0 aliphatic heterocycles. The normalized spacial score (nSPS) is 12.0. The van der Waals surface area contributed by atoms with Crippen LogP contribution in [0, 0.1) is 0 Å². The molecule has 1 atom stereocenters. The Labute approximate surface area is 87.4 Å². The first kappa shape index (κ1) is 13.2. The topological polar surface area (TPSA) is 66.8 Å². The Hall–Kier alpha value is -0.750. The quantitative estimate of drug-likeness (QED) is 0.576. The van der Waals surface area contributed by atoms with Gasteiger partial charge in [0.05, 0.1) is 0 Å². The Morgan fingerprint density at radius 1 is 1.50 bits per heavy atom. The fourth-order valence-corrected chi connectivity index (χ4v) is 0.989. The van der Waals surface area contributed by atoms with Crippen molar-refractivity contribution in [1.82, 2.24) is 5.06 Å². The average Bonchev–Trinajstić information content (AvgIpc) is 2.23. The molecular formula is C8H15NO4S. The summed E-state index contributed by atoms with van der Waals surface area (Å²) in [6.45, 7) is 3.30. The molecule has 0 heterocycles. The van der Waals surface area contributed by atoms with E-state index >= 15 is 0 Å². The minimum absolute atomic E-state index is 0.161. The Morgan fingerprint density at radius 2 is 2.07 bits per heavy atom. The van der Waals surface area contributed by atoms with Gasteiger partial charge in [0.25, 0.3) is 0 Å². The highest BCUT2D eigenvalue weighted by Gasteiger charge is 2.23. The zero-order valence-corrected chi connectivity index (χ0v) is 9.34.